The van der Waals surface area contributed by atoms with Gasteiger partial charge >= 0.3 is 0 Å². The third-order valence-corrected chi connectivity index (χ3v) is 9.53. The van der Waals surface area contributed by atoms with Crippen molar-refractivity contribution in [2.24, 2.45) is 5.92 Å². The van der Waals surface area contributed by atoms with Crippen LogP contribution in [0.3, 0.4) is 0 Å². The van der Waals surface area contributed by atoms with Crippen LogP contribution in [0.1, 0.15) is 77.3 Å². The summed E-state index contributed by atoms with van der Waals surface area (Å²) in [4.78, 5) is 3.56. The van der Waals surface area contributed by atoms with Crippen molar-refractivity contribution >= 4 is 10.8 Å². The van der Waals surface area contributed by atoms with Crippen LogP contribution in [0.15, 0.2) is 59.5 Å². The van der Waals surface area contributed by atoms with Gasteiger partial charge in [-0.05, 0) is 100 Å². The molecule has 0 amide bonds. The van der Waals surface area contributed by atoms with Crippen LogP contribution in [0.2, 0.25) is 0 Å². The van der Waals surface area contributed by atoms with Crippen LogP contribution < -0.4 is 0 Å². The molecule has 1 unspecified atom stereocenters. The Morgan fingerprint density at radius 2 is 1.53 bits per heavy atom. The SMILES string of the molecule is CC(C)(CCC(C)(C)c1ccc(S(=O)C2CC2)cc1)OCC1CCN(Cc2ccccc2)CC1. The Bertz CT molecular complexity index is 926. The Labute approximate surface area is 209 Å². The molecule has 1 aliphatic heterocycles. The van der Waals surface area contributed by atoms with E-state index in [9.17, 15) is 4.21 Å². The summed E-state index contributed by atoms with van der Waals surface area (Å²) in [5, 5.41) is 0.396. The molecule has 0 aromatic heterocycles. The molecule has 1 aliphatic carbocycles. The summed E-state index contributed by atoms with van der Waals surface area (Å²) in [5.74, 6) is 0.666. The number of hydrogen-bond acceptors (Lipinski definition) is 3. The first kappa shape index (κ1) is 25.6. The van der Waals surface area contributed by atoms with Gasteiger partial charge in [-0.25, -0.2) is 0 Å². The minimum Gasteiger partial charge on any atom is -0.375 e. The fourth-order valence-corrected chi connectivity index (χ4v) is 6.19. The molecule has 0 bridgehead atoms. The van der Waals surface area contributed by atoms with E-state index in [0.29, 0.717) is 11.2 Å². The van der Waals surface area contributed by atoms with E-state index in [-0.39, 0.29) is 11.0 Å². The Balaban J connectivity index is 1.20. The lowest BCUT2D eigenvalue weighted by atomic mass is 9.78. The number of likely N-dealkylation sites (tertiary alicyclic amines) is 1. The molecule has 0 N–H and O–H groups in total. The van der Waals surface area contributed by atoms with Crippen molar-refractivity contribution in [1.82, 2.24) is 4.90 Å². The van der Waals surface area contributed by atoms with Gasteiger partial charge in [0, 0.05) is 16.7 Å². The molecule has 34 heavy (non-hydrogen) atoms. The maximum atomic E-state index is 12.4. The summed E-state index contributed by atoms with van der Waals surface area (Å²) in [6.45, 7) is 13.4. The monoisotopic (exact) mass is 481 g/mol. The van der Waals surface area contributed by atoms with Gasteiger partial charge in [-0.3, -0.25) is 9.11 Å². The summed E-state index contributed by atoms with van der Waals surface area (Å²) < 4.78 is 18.9. The third-order valence-electron chi connectivity index (χ3n) is 7.71. The van der Waals surface area contributed by atoms with E-state index in [0.717, 1.165) is 56.8 Å². The summed E-state index contributed by atoms with van der Waals surface area (Å²) in [5.41, 5.74) is 2.69. The van der Waals surface area contributed by atoms with E-state index in [4.69, 9.17) is 4.74 Å². The maximum Gasteiger partial charge on any atom is 0.0627 e. The molecule has 1 saturated carbocycles. The lowest BCUT2D eigenvalue weighted by Gasteiger charge is -2.35. The van der Waals surface area contributed by atoms with Crippen LogP contribution in [0.25, 0.3) is 0 Å². The Morgan fingerprint density at radius 3 is 2.15 bits per heavy atom. The number of nitrogens with zero attached hydrogens (tertiary/aromatic N) is 1. The zero-order chi connectivity index (χ0) is 24.2. The normalized spacial score (nSPS) is 19.3. The zero-order valence-electron chi connectivity index (χ0n) is 21.6. The standard InChI is InChI=1S/C30H43NO2S/c1-29(2,26-10-12-27(13-11-26)34(32)28-14-15-28)18-19-30(3,4)33-23-25-16-20-31(21-17-25)22-24-8-6-5-7-9-24/h5-13,25,28H,14-23H2,1-4H3. The molecule has 1 saturated heterocycles. The lowest BCUT2D eigenvalue weighted by molar-refractivity contribution is -0.0528. The predicted molar refractivity (Wildman–Crippen MR) is 143 cm³/mol. The Hall–Kier alpha value is -1.49. The first-order valence-electron chi connectivity index (χ1n) is 13.1. The second-order valence-corrected chi connectivity index (χ2v) is 13.4. The third kappa shape index (κ3) is 7.26. The van der Waals surface area contributed by atoms with Gasteiger partial charge in [0.15, 0.2) is 0 Å². The van der Waals surface area contributed by atoms with Crippen LogP contribution in [-0.4, -0.2) is 39.7 Å². The van der Waals surface area contributed by atoms with Crippen molar-refractivity contribution < 1.29 is 8.95 Å². The molecule has 186 valence electrons. The van der Waals surface area contributed by atoms with Crippen molar-refractivity contribution in [3.8, 4) is 0 Å². The topological polar surface area (TPSA) is 29.5 Å². The Morgan fingerprint density at radius 1 is 0.882 bits per heavy atom. The van der Waals surface area contributed by atoms with E-state index in [1.165, 1.54) is 24.0 Å². The average Bonchev–Trinajstić information content (AvgIpc) is 3.69. The van der Waals surface area contributed by atoms with E-state index in [2.05, 4.69) is 87.2 Å². The molecule has 2 fully saturated rings. The van der Waals surface area contributed by atoms with Gasteiger partial charge in [-0.2, -0.15) is 0 Å². The second kappa shape index (κ2) is 11.1. The van der Waals surface area contributed by atoms with E-state index >= 15 is 0 Å². The van der Waals surface area contributed by atoms with Gasteiger partial charge in [0.05, 0.1) is 23.0 Å². The molecule has 4 rings (SSSR count). The predicted octanol–water partition coefficient (Wildman–Crippen LogP) is 6.72. The molecule has 2 aliphatic rings. The van der Waals surface area contributed by atoms with Crippen LogP contribution in [-0.2, 0) is 27.5 Å². The van der Waals surface area contributed by atoms with E-state index in [1.807, 2.05) is 0 Å². The Kier molecular flexibility index (Phi) is 8.32. The van der Waals surface area contributed by atoms with Crippen molar-refractivity contribution in [2.75, 3.05) is 19.7 Å². The van der Waals surface area contributed by atoms with Gasteiger partial charge in [-0.15, -0.1) is 0 Å². The first-order valence-corrected chi connectivity index (χ1v) is 14.3. The fourth-order valence-electron chi connectivity index (χ4n) is 4.84. The molecule has 3 nitrogen and oxygen atoms in total. The van der Waals surface area contributed by atoms with Crippen LogP contribution in [0, 0.1) is 5.92 Å². The van der Waals surface area contributed by atoms with Crippen molar-refractivity contribution in [2.45, 2.75) is 93.9 Å². The van der Waals surface area contributed by atoms with Gasteiger partial charge in [0.2, 0.25) is 0 Å². The molecular weight excluding hydrogens is 438 g/mol. The van der Waals surface area contributed by atoms with Gasteiger partial charge < -0.3 is 4.74 Å². The van der Waals surface area contributed by atoms with Gasteiger partial charge in [0.1, 0.15) is 0 Å². The second-order valence-electron chi connectivity index (χ2n) is 11.7. The first-order chi connectivity index (χ1) is 16.2. The molecule has 2 aromatic rings. The molecule has 1 atom stereocenters. The average molecular weight is 482 g/mol. The molecular formula is C30H43NO2S. The largest absolute Gasteiger partial charge is 0.375 e. The lowest BCUT2D eigenvalue weighted by Crippen LogP contribution is -2.36. The number of hydrogen-bond donors (Lipinski definition) is 0. The van der Waals surface area contributed by atoms with Gasteiger partial charge in [-0.1, -0.05) is 56.3 Å². The number of ether oxygens (including phenoxy) is 1. The molecule has 4 heteroatoms. The summed E-state index contributed by atoms with van der Waals surface area (Å²) in [7, 11) is -0.818. The van der Waals surface area contributed by atoms with Crippen molar-refractivity contribution in [3.05, 3.63) is 65.7 Å². The molecule has 2 aromatic carbocycles. The highest BCUT2D eigenvalue weighted by atomic mass is 32.2. The van der Waals surface area contributed by atoms with Crippen LogP contribution in [0.5, 0.6) is 0 Å². The molecule has 1 heterocycles. The molecule has 0 spiro atoms. The quantitative estimate of drug-likeness (QED) is 0.357. The number of rotatable bonds is 11. The number of piperidine rings is 1. The highest BCUT2D eigenvalue weighted by Crippen LogP contribution is 2.35. The maximum absolute atomic E-state index is 12.4. The van der Waals surface area contributed by atoms with Gasteiger partial charge in [0.25, 0.3) is 0 Å². The minimum atomic E-state index is -0.818. The summed E-state index contributed by atoms with van der Waals surface area (Å²) >= 11 is 0. The minimum absolute atomic E-state index is 0.0724. The van der Waals surface area contributed by atoms with E-state index in [1.54, 1.807) is 0 Å². The number of benzene rings is 2. The smallest absolute Gasteiger partial charge is 0.0627 e. The zero-order valence-corrected chi connectivity index (χ0v) is 22.4. The van der Waals surface area contributed by atoms with E-state index < -0.39 is 10.8 Å². The van der Waals surface area contributed by atoms with Crippen LogP contribution >= 0.6 is 0 Å². The van der Waals surface area contributed by atoms with Crippen molar-refractivity contribution in [3.63, 3.8) is 0 Å². The summed E-state index contributed by atoms with van der Waals surface area (Å²) in [6.07, 6.45) is 6.78. The highest BCUT2D eigenvalue weighted by molar-refractivity contribution is 7.86. The fraction of sp³-hybridized carbons (Fsp3) is 0.600. The summed E-state index contributed by atoms with van der Waals surface area (Å²) in [6, 6.07) is 19.3. The van der Waals surface area contributed by atoms with Crippen molar-refractivity contribution in [1.29, 1.82) is 0 Å². The van der Waals surface area contributed by atoms with Crippen LogP contribution in [0.4, 0.5) is 0 Å². The highest BCUT2D eigenvalue weighted by Gasteiger charge is 2.31. The molecule has 0 radical (unpaired) electrons.